The summed E-state index contributed by atoms with van der Waals surface area (Å²) in [7, 11) is 0. The van der Waals surface area contributed by atoms with Crippen molar-refractivity contribution in [2.24, 2.45) is 0 Å². The summed E-state index contributed by atoms with van der Waals surface area (Å²) < 4.78 is 1.92. The smallest absolute Gasteiger partial charge is 0.126 e. The molecule has 5 nitrogen and oxygen atoms in total. The van der Waals surface area contributed by atoms with Gasteiger partial charge in [-0.1, -0.05) is 13.3 Å². The van der Waals surface area contributed by atoms with Gasteiger partial charge in [0, 0.05) is 41.5 Å². The number of nitrogens with zero attached hydrogens (tertiary/aromatic N) is 4. The Hall–Kier alpha value is -2.69. The number of aryl methyl sites for hydroxylation is 2. The standard InChI is InChI=1S/C20H25N5/c1-5-6-17-11-18(9-10-21-17)25-13-19(15(4)24-25)16-7-8-20(22-12-16)23-14(2)3/h7-14H,5-6H2,1-4H3,(H,22,23). The lowest BCUT2D eigenvalue weighted by atomic mass is 10.1. The maximum atomic E-state index is 4.67. The molecule has 25 heavy (non-hydrogen) atoms. The van der Waals surface area contributed by atoms with Gasteiger partial charge in [-0.15, -0.1) is 0 Å². The lowest BCUT2D eigenvalue weighted by Gasteiger charge is -2.09. The van der Waals surface area contributed by atoms with Crippen molar-refractivity contribution in [3.63, 3.8) is 0 Å². The molecule has 0 saturated carbocycles. The van der Waals surface area contributed by atoms with Gasteiger partial charge in [-0.3, -0.25) is 4.98 Å². The highest BCUT2D eigenvalue weighted by atomic mass is 15.3. The van der Waals surface area contributed by atoms with Gasteiger partial charge in [0.25, 0.3) is 0 Å². The third kappa shape index (κ3) is 4.05. The molecule has 0 fully saturated rings. The van der Waals surface area contributed by atoms with Crippen molar-refractivity contribution in [2.45, 2.75) is 46.6 Å². The van der Waals surface area contributed by atoms with E-state index in [9.17, 15) is 0 Å². The third-order valence-electron chi connectivity index (χ3n) is 3.98. The zero-order chi connectivity index (χ0) is 17.8. The van der Waals surface area contributed by atoms with E-state index in [4.69, 9.17) is 0 Å². The summed E-state index contributed by atoms with van der Waals surface area (Å²) in [6.45, 7) is 8.39. The number of aromatic nitrogens is 4. The van der Waals surface area contributed by atoms with E-state index < -0.39 is 0 Å². The van der Waals surface area contributed by atoms with E-state index in [0.29, 0.717) is 6.04 Å². The van der Waals surface area contributed by atoms with Gasteiger partial charge in [0.15, 0.2) is 0 Å². The molecule has 0 aliphatic heterocycles. The Morgan fingerprint density at radius 3 is 2.68 bits per heavy atom. The van der Waals surface area contributed by atoms with Gasteiger partial charge < -0.3 is 5.32 Å². The van der Waals surface area contributed by atoms with Gasteiger partial charge in [0.1, 0.15) is 5.82 Å². The summed E-state index contributed by atoms with van der Waals surface area (Å²) >= 11 is 0. The zero-order valence-corrected chi connectivity index (χ0v) is 15.3. The minimum absolute atomic E-state index is 0.367. The summed E-state index contributed by atoms with van der Waals surface area (Å²) in [4.78, 5) is 8.92. The van der Waals surface area contributed by atoms with Crippen molar-refractivity contribution in [3.8, 4) is 16.8 Å². The molecule has 3 heterocycles. The van der Waals surface area contributed by atoms with Gasteiger partial charge in [-0.05, 0) is 51.5 Å². The first-order valence-corrected chi connectivity index (χ1v) is 8.81. The summed E-state index contributed by atoms with van der Waals surface area (Å²) in [5.74, 6) is 0.891. The van der Waals surface area contributed by atoms with E-state index in [1.807, 2.05) is 36.1 Å². The Kier molecular flexibility index (Phi) is 5.12. The molecule has 0 radical (unpaired) electrons. The average molecular weight is 335 g/mol. The van der Waals surface area contributed by atoms with Crippen LogP contribution in [0, 0.1) is 6.92 Å². The molecule has 0 atom stereocenters. The van der Waals surface area contributed by atoms with Crippen LogP contribution in [0.2, 0.25) is 0 Å². The van der Waals surface area contributed by atoms with Crippen LogP contribution in [-0.2, 0) is 6.42 Å². The maximum Gasteiger partial charge on any atom is 0.126 e. The minimum Gasteiger partial charge on any atom is -0.368 e. The quantitative estimate of drug-likeness (QED) is 0.725. The molecular weight excluding hydrogens is 310 g/mol. The van der Waals surface area contributed by atoms with Crippen LogP contribution in [0.25, 0.3) is 16.8 Å². The molecule has 1 N–H and O–H groups in total. The Labute approximate surface area is 149 Å². The normalized spacial score (nSPS) is 11.1. The molecule has 0 saturated heterocycles. The molecule has 3 aromatic heterocycles. The number of anilines is 1. The van der Waals surface area contributed by atoms with Crippen molar-refractivity contribution >= 4 is 5.82 Å². The summed E-state index contributed by atoms with van der Waals surface area (Å²) in [5, 5.41) is 7.98. The van der Waals surface area contributed by atoms with Gasteiger partial charge in [-0.2, -0.15) is 5.10 Å². The van der Waals surface area contributed by atoms with Gasteiger partial charge in [0.05, 0.1) is 11.4 Å². The van der Waals surface area contributed by atoms with Crippen LogP contribution in [0.4, 0.5) is 5.82 Å². The molecule has 3 aromatic rings. The molecule has 0 bridgehead atoms. The fourth-order valence-corrected chi connectivity index (χ4v) is 2.81. The lowest BCUT2D eigenvalue weighted by Crippen LogP contribution is -2.10. The first-order chi connectivity index (χ1) is 12.1. The van der Waals surface area contributed by atoms with Gasteiger partial charge in [-0.25, -0.2) is 9.67 Å². The Bertz CT molecular complexity index is 834. The Morgan fingerprint density at radius 2 is 2.00 bits per heavy atom. The third-order valence-corrected chi connectivity index (χ3v) is 3.98. The van der Waals surface area contributed by atoms with Crippen LogP contribution in [0.15, 0.2) is 42.9 Å². The number of hydrogen-bond donors (Lipinski definition) is 1. The van der Waals surface area contributed by atoms with Crippen LogP contribution in [0.1, 0.15) is 38.6 Å². The number of rotatable bonds is 6. The molecule has 0 unspecified atom stereocenters. The lowest BCUT2D eigenvalue weighted by molar-refractivity contribution is 0.839. The van der Waals surface area contributed by atoms with Crippen molar-refractivity contribution in [1.29, 1.82) is 0 Å². The predicted molar refractivity (Wildman–Crippen MR) is 102 cm³/mol. The molecule has 0 aromatic carbocycles. The molecule has 130 valence electrons. The summed E-state index contributed by atoms with van der Waals surface area (Å²) in [6.07, 6.45) is 7.88. The van der Waals surface area contributed by atoms with Crippen molar-refractivity contribution < 1.29 is 0 Å². The molecule has 0 aliphatic rings. The first-order valence-electron chi connectivity index (χ1n) is 8.81. The van der Waals surface area contributed by atoms with E-state index in [-0.39, 0.29) is 0 Å². The van der Waals surface area contributed by atoms with Crippen LogP contribution in [0.5, 0.6) is 0 Å². The highest BCUT2D eigenvalue weighted by Crippen LogP contribution is 2.24. The molecule has 0 aliphatic carbocycles. The summed E-state index contributed by atoms with van der Waals surface area (Å²) in [5.41, 5.74) is 5.29. The second-order valence-corrected chi connectivity index (χ2v) is 6.56. The van der Waals surface area contributed by atoms with E-state index in [2.05, 4.69) is 59.5 Å². The second-order valence-electron chi connectivity index (χ2n) is 6.56. The van der Waals surface area contributed by atoms with E-state index in [1.54, 1.807) is 0 Å². The highest BCUT2D eigenvalue weighted by Gasteiger charge is 2.10. The number of nitrogens with one attached hydrogen (secondary N) is 1. The highest BCUT2D eigenvalue weighted by molar-refractivity contribution is 5.66. The monoisotopic (exact) mass is 335 g/mol. The average Bonchev–Trinajstić information content (AvgIpc) is 2.98. The molecule has 5 heteroatoms. The molecule has 0 amide bonds. The number of pyridine rings is 2. The van der Waals surface area contributed by atoms with Crippen LogP contribution in [-0.4, -0.2) is 25.8 Å². The summed E-state index contributed by atoms with van der Waals surface area (Å²) in [6, 6.07) is 8.56. The predicted octanol–water partition coefficient (Wildman–Crippen LogP) is 4.41. The van der Waals surface area contributed by atoms with Gasteiger partial charge >= 0.3 is 0 Å². The second kappa shape index (κ2) is 7.47. The van der Waals surface area contributed by atoms with E-state index in [1.165, 1.54) is 0 Å². The first kappa shape index (κ1) is 17.1. The zero-order valence-electron chi connectivity index (χ0n) is 15.3. The molecular formula is C20H25N5. The van der Waals surface area contributed by atoms with Crippen molar-refractivity contribution in [1.82, 2.24) is 19.7 Å². The van der Waals surface area contributed by atoms with Crippen LogP contribution >= 0.6 is 0 Å². The van der Waals surface area contributed by atoms with Gasteiger partial charge in [0.2, 0.25) is 0 Å². The van der Waals surface area contributed by atoms with Crippen molar-refractivity contribution in [3.05, 3.63) is 54.2 Å². The van der Waals surface area contributed by atoms with Crippen LogP contribution in [0.3, 0.4) is 0 Å². The Morgan fingerprint density at radius 1 is 1.16 bits per heavy atom. The molecule has 3 rings (SSSR count). The molecule has 0 spiro atoms. The maximum absolute atomic E-state index is 4.67. The SMILES string of the molecule is CCCc1cc(-n2cc(-c3ccc(NC(C)C)nc3)c(C)n2)ccn1. The van der Waals surface area contributed by atoms with Crippen molar-refractivity contribution in [2.75, 3.05) is 5.32 Å². The van der Waals surface area contributed by atoms with E-state index >= 15 is 0 Å². The Balaban J connectivity index is 1.88. The fraction of sp³-hybridized carbons (Fsp3) is 0.350. The fourth-order valence-electron chi connectivity index (χ4n) is 2.81. The van der Waals surface area contributed by atoms with E-state index in [0.717, 1.165) is 46.9 Å². The number of hydrogen-bond acceptors (Lipinski definition) is 4. The van der Waals surface area contributed by atoms with Crippen LogP contribution < -0.4 is 5.32 Å². The minimum atomic E-state index is 0.367. The topological polar surface area (TPSA) is 55.6 Å². The largest absolute Gasteiger partial charge is 0.368 e.